The molecule has 3 heterocycles. The van der Waals surface area contributed by atoms with Crippen molar-refractivity contribution in [3.05, 3.63) is 6.33 Å². The third-order valence-corrected chi connectivity index (χ3v) is 5.29. The molecule has 0 radical (unpaired) electrons. The number of nitrogens with zero attached hydrogens (tertiary/aromatic N) is 3. The number of ether oxygens (including phenoxy) is 1. The third kappa shape index (κ3) is 4.47. The summed E-state index contributed by atoms with van der Waals surface area (Å²) in [6.07, 6.45) is 4.43. The van der Waals surface area contributed by atoms with Gasteiger partial charge in [-0.05, 0) is 25.7 Å². The number of hydrogen-bond acceptors (Lipinski definition) is 6. The van der Waals surface area contributed by atoms with Crippen LogP contribution in [0, 0.1) is 5.92 Å². The molecule has 132 valence electrons. The van der Waals surface area contributed by atoms with E-state index in [1.165, 1.54) is 18.1 Å². The first-order valence-corrected chi connectivity index (χ1v) is 9.39. The molecule has 1 aromatic rings. The van der Waals surface area contributed by atoms with Gasteiger partial charge in [-0.3, -0.25) is 14.7 Å². The van der Waals surface area contributed by atoms with E-state index in [1.807, 2.05) is 4.90 Å². The second-order valence-corrected chi connectivity index (χ2v) is 7.11. The van der Waals surface area contributed by atoms with Crippen LogP contribution in [0.2, 0.25) is 0 Å². The number of piperidine rings is 1. The van der Waals surface area contributed by atoms with Crippen LogP contribution < -0.4 is 5.32 Å². The lowest BCUT2D eigenvalue weighted by molar-refractivity contribution is -0.143. The van der Waals surface area contributed by atoms with Crippen LogP contribution in [0.4, 0.5) is 0 Å². The molecule has 0 spiro atoms. The van der Waals surface area contributed by atoms with Crippen molar-refractivity contribution in [3.8, 4) is 0 Å². The van der Waals surface area contributed by atoms with Crippen LogP contribution in [0.5, 0.6) is 0 Å². The molecule has 0 unspecified atom stereocenters. The average Bonchev–Trinajstić information content (AvgIpc) is 3.31. The Labute approximate surface area is 145 Å². The minimum atomic E-state index is -0.261. The third-order valence-electron chi connectivity index (χ3n) is 4.42. The van der Waals surface area contributed by atoms with Gasteiger partial charge in [0.1, 0.15) is 12.4 Å². The summed E-state index contributed by atoms with van der Waals surface area (Å²) in [5.41, 5.74) is 0. The van der Waals surface area contributed by atoms with Gasteiger partial charge in [0.2, 0.25) is 5.91 Å². The van der Waals surface area contributed by atoms with Crippen LogP contribution in [-0.4, -0.2) is 70.0 Å². The van der Waals surface area contributed by atoms with Crippen LogP contribution in [0.1, 0.15) is 25.7 Å². The van der Waals surface area contributed by atoms with E-state index in [1.54, 1.807) is 0 Å². The monoisotopic (exact) mass is 353 g/mol. The van der Waals surface area contributed by atoms with E-state index in [0.29, 0.717) is 26.2 Å². The van der Waals surface area contributed by atoms with Crippen LogP contribution in [0.3, 0.4) is 0 Å². The first-order valence-electron chi connectivity index (χ1n) is 8.40. The Kier molecular flexibility index (Phi) is 6.08. The van der Waals surface area contributed by atoms with Crippen molar-refractivity contribution < 1.29 is 14.3 Å². The molecule has 2 aliphatic heterocycles. The zero-order valence-corrected chi connectivity index (χ0v) is 14.4. The van der Waals surface area contributed by atoms with Gasteiger partial charge in [-0.25, -0.2) is 4.98 Å². The summed E-state index contributed by atoms with van der Waals surface area (Å²) in [6.45, 7) is 2.56. The van der Waals surface area contributed by atoms with Gasteiger partial charge in [-0.2, -0.15) is 5.10 Å². The number of H-pyrrole nitrogens is 1. The predicted molar refractivity (Wildman–Crippen MR) is 88.4 cm³/mol. The molecule has 2 aliphatic rings. The molecule has 0 aromatic carbocycles. The first kappa shape index (κ1) is 17.2. The maximum atomic E-state index is 12.3. The lowest BCUT2D eigenvalue weighted by Gasteiger charge is -2.32. The van der Waals surface area contributed by atoms with E-state index in [-0.39, 0.29) is 23.8 Å². The molecular formula is C15H23N5O3S. The van der Waals surface area contributed by atoms with Gasteiger partial charge in [-0.1, -0.05) is 11.8 Å². The van der Waals surface area contributed by atoms with Gasteiger partial charge in [-0.15, -0.1) is 0 Å². The fourth-order valence-corrected chi connectivity index (χ4v) is 3.70. The van der Waals surface area contributed by atoms with Crippen molar-refractivity contribution in [2.24, 2.45) is 5.92 Å². The maximum absolute atomic E-state index is 12.3. The van der Waals surface area contributed by atoms with Gasteiger partial charge >= 0.3 is 0 Å². The van der Waals surface area contributed by atoms with Crippen LogP contribution in [0.25, 0.3) is 0 Å². The van der Waals surface area contributed by atoms with Crippen molar-refractivity contribution >= 4 is 23.6 Å². The number of aromatic amines is 1. The van der Waals surface area contributed by atoms with Crippen LogP contribution >= 0.6 is 11.8 Å². The Morgan fingerprint density at radius 1 is 1.38 bits per heavy atom. The van der Waals surface area contributed by atoms with Crippen molar-refractivity contribution in [3.63, 3.8) is 0 Å². The summed E-state index contributed by atoms with van der Waals surface area (Å²) < 4.78 is 5.45. The van der Waals surface area contributed by atoms with E-state index in [4.69, 9.17) is 4.74 Å². The summed E-state index contributed by atoms with van der Waals surface area (Å²) in [7, 11) is 0. The molecule has 0 aliphatic carbocycles. The van der Waals surface area contributed by atoms with Gasteiger partial charge < -0.3 is 15.0 Å². The number of thioether (sulfide) groups is 1. The average molecular weight is 353 g/mol. The molecule has 1 aromatic heterocycles. The fourth-order valence-electron chi connectivity index (χ4n) is 3.07. The highest BCUT2D eigenvalue weighted by Gasteiger charge is 2.32. The normalized spacial score (nSPS) is 21.8. The zero-order valence-electron chi connectivity index (χ0n) is 13.6. The Bertz CT molecular complexity index is 539. The zero-order chi connectivity index (χ0) is 16.8. The minimum absolute atomic E-state index is 0.00572. The molecule has 3 rings (SSSR count). The fraction of sp³-hybridized carbons (Fsp3) is 0.733. The first-order chi connectivity index (χ1) is 11.7. The van der Waals surface area contributed by atoms with E-state index in [9.17, 15) is 9.59 Å². The highest BCUT2D eigenvalue weighted by molar-refractivity contribution is 7.99. The van der Waals surface area contributed by atoms with Crippen molar-refractivity contribution in [2.45, 2.75) is 36.9 Å². The Morgan fingerprint density at radius 2 is 2.21 bits per heavy atom. The predicted octanol–water partition coefficient (Wildman–Crippen LogP) is 0.431. The lowest BCUT2D eigenvalue weighted by Crippen LogP contribution is -2.46. The number of nitrogens with one attached hydrogen (secondary N) is 2. The van der Waals surface area contributed by atoms with E-state index in [0.717, 1.165) is 36.6 Å². The molecule has 2 saturated heterocycles. The molecule has 0 saturated carbocycles. The summed E-state index contributed by atoms with van der Waals surface area (Å²) in [6, 6.07) is 0. The standard InChI is InChI=1S/C15H23N5O3S/c21-13(16-5-9-24-15-17-10-18-19-15)11-3-6-20(7-4-11)14(22)12-2-1-8-23-12/h10-12H,1-9H2,(H,16,21)(H,17,18,19)/t12-/m0/s1. The maximum Gasteiger partial charge on any atom is 0.251 e. The van der Waals surface area contributed by atoms with Gasteiger partial charge in [0, 0.05) is 37.9 Å². The summed E-state index contributed by atoms with van der Waals surface area (Å²) in [5.74, 6) is 0.915. The molecule has 2 N–H and O–H groups in total. The number of rotatable bonds is 6. The van der Waals surface area contributed by atoms with Crippen molar-refractivity contribution in [1.29, 1.82) is 0 Å². The van der Waals surface area contributed by atoms with E-state index < -0.39 is 0 Å². The minimum Gasteiger partial charge on any atom is -0.368 e. The Balaban J connectivity index is 1.33. The smallest absolute Gasteiger partial charge is 0.251 e. The van der Waals surface area contributed by atoms with E-state index in [2.05, 4.69) is 20.5 Å². The summed E-state index contributed by atoms with van der Waals surface area (Å²) >= 11 is 1.52. The second kappa shape index (κ2) is 8.48. The van der Waals surface area contributed by atoms with Crippen molar-refractivity contribution in [1.82, 2.24) is 25.4 Å². The number of aromatic nitrogens is 3. The number of amides is 2. The molecule has 9 heteroatoms. The molecular weight excluding hydrogens is 330 g/mol. The molecule has 8 nitrogen and oxygen atoms in total. The Morgan fingerprint density at radius 3 is 2.88 bits per heavy atom. The summed E-state index contributed by atoms with van der Waals surface area (Å²) in [4.78, 5) is 30.4. The Hall–Kier alpha value is -1.61. The molecule has 2 amide bonds. The van der Waals surface area contributed by atoms with Gasteiger partial charge in [0.05, 0.1) is 0 Å². The number of carbonyl (C=O) groups is 2. The number of hydrogen-bond donors (Lipinski definition) is 2. The highest BCUT2D eigenvalue weighted by atomic mass is 32.2. The largest absolute Gasteiger partial charge is 0.368 e. The van der Waals surface area contributed by atoms with Crippen LogP contribution in [-0.2, 0) is 14.3 Å². The second-order valence-electron chi connectivity index (χ2n) is 6.03. The highest BCUT2D eigenvalue weighted by Crippen LogP contribution is 2.21. The molecule has 0 bridgehead atoms. The molecule has 1 atom stereocenters. The quantitative estimate of drug-likeness (QED) is 0.568. The van der Waals surface area contributed by atoms with Gasteiger partial charge in [0.15, 0.2) is 5.16 Å². The van der Waals surface area contributed by atoms with Crippen LogP contribution in [0.15, 0.2) is 11.5 Å². The summed E-state index contributed by atoms with van der Waals surface area (Å²) in [5, 5.41) is 10.3. The topological polar surface area (TPSA) is 100 Å². The molecule has 24 heavy (non-hydrogen) atoms. The van der Waals surface area contributed by atoms with E-state index >= 15 is 0 Å². The number of carbonyl (C=O) groups excluding carboxylic acids is 2. The lowest BCUT2D eigenvalue weighted by atomic mass is 9.95. The van der Waals surface area contributed by atoms with Gasteiger partial charge in [0.25, 0.3) is 5.91 Å². The SMILES string of the molecule is O=C(NCCSc1ncn[nH]1)C1CCN(C(=O)[C@@H]2CCCO2)CC1. The molecule has 2 fully saturated rings. The number of likely N-dealkylation sites (tertiary alicyclic amines) is 1. The van der Waals surface area contributed by atoms with Crippen molar-refractivity contribution in [2.75, 3.05) is 32.0 Å².